The van der Waals surface area contributed by atoms with Gasteiger partial charge in [-0.2, -0.15) is 5.10 Å². The molecule has 1 heterocycles. The largest absolute Gasteiger partial charge is 0.355 e. The zero-order valence-electron chi connectivity index (χ0n) is 10.7. The molecule has 0 aliphatic rings. The number of ether oxygens (including phenoxy) is 2. The normalized spacial score (nSPS) is 13.4. The third-order valence-electron chi connectivity index (χ3n) is 2.86. The number of aromatic nitrogens is 2. The van der Waals surface area contributed by atoms with Gasteiger partial charge in [0.15, 0.2) is 6.29 Å². The Bertz CT molecular complexity index is 321. The lowest BCUT2D eigenvalue weighted by atomic mass is 10.1. The van der Waals surface area contributed by atoms with E-state index in [0.717, 1.165) is 0 Å². The van der Waals surface area contributed by atoms with Crippen LogP contribution in [-0.2, 0) is 16.5 Å². The summed E-state index contributed by atoms with van der Waals surface area (Å²) in [7, 11) is 5.21. The van der Waals surface area contributed by atoms with Crippen LogP contribution in [0.3, 0.4) is 0 Å². The van der Waals surface area contributed by atoms with E-state index >= 15 is 0 Å². The van der Waals surface area contributed by atoms with Gasteiger partial charge in [-0.25, -0.2) is 0 Å². The summed E-state index contributed by atoms with van der Waals surface area (Å²) >= 11 is 0. The van der Waals surface area contributed by atoms with Crippen molar-refractivity contribution in [2.24, 2.45) is 7.05 Å². The first-order valence-corrected chi connectivity index (χ1v) is 5.37. The average molecular weight is 227 g/mol. The highest BCUT2D eigenvalue weighted by atomic mass is 16.7. The Morgan fingerprint density at radius 2 is 2.06 bits per heavy atom. The fourth-order valence-corrected chi connectivity index (χ4v) is 1.59. The molecule has 5 nitrogen and oxygen atoms in total. The molecule has 0 spiro atoms. The SMILES string of the molecule is COC(CNC(C)c1cnn(C)c1C)OC. The molecule has 0 saturated carbocycles. The summed E-state index contributed by atoms with van der Waals surface area (Å²) in [6.45, 7) is 4.82. The summed E-state index contributed by atoms with van der Waals surface area (Å²) in [4.78, 5) is 0. The van der Waals surface area contributed by atoms with E-state index in [1.165, 1.54) is 11.3 Å². The maximum absolute atomic E-state index is 5.12. The number of nitrogens with zero attached hydrogens (tertiary/aromatic N) is 2. The van der Waals surface area contributed by atoms with Crippen LogP contribution in [-0.4, -0.2) is 36.8 Å². The summed E-state index contributed by atoms with van der Waals surface area (Å²) in [6, 6.07) is 0.237. The van der Waals surface area contributed by atoms with Crippen LogP contribution in [0.25, 0.3) is 0 Å². The first-order valence-electron chi connectivity index (χ1n) is 5.37. The van der Waals surface area contributed by atoms with Gasteiger partial charge < -0.3 is 14.8 Å². The fourth-order valence-electron chi connectivity index (χ4n) is 1.59. The van der Waals surface area contributed by atoms with Crippen molar-refractivity contribution in [3.63, 3.8) is 0 Å². The molecule has 1 unspecified atom stereocenters. The average Bonchev–Trinajstić information content (AvgIpc) is 2.61. The molecule has 5 heteroatoms. The molecular formula is C11H21N3O2. The second-order valence-electron chi connectivity index (χ2n) is 3.84. The summed E-state index contributed by atoms with van der Waals surface area (Å²) < 4.78 is 12.1. The highest BCUT2D eigenvalue weighted by molar-refractivity contribution is 5.19. The summed E-state index contributed by atoms with van der Waals surface area (Å²) in [5.74, 6) is 0. The molecule has 0 bridgehead atoms. The topological polar surface area (TPSA) is 48.3 Å². The lowest BCUT2D eigenvalue weighted by Crippen LogP contribution is -2.31. The zero-order chi connectivity index (χ0) is 12.1. The number of hydrogen-bond acceptors (Lipinski definition) is 4. The lowest BCUT2D eigenvalue weighted by Gasteiger charge is -2.18. The Balaban J connectivity index is 2.52. The highest BCUT2D eigenvalue weighted by Crippen LogP contribution is 2.15. The predicted octanol–water partition coefficient (Wildman–Crippen LogP) is 0.998. The molecule has 1 atom stereocenters. The van der Waals surface area contributed by atoms with Crippen LogP contribution in [0, 0.1) is 6.92 Å². The molecule has 0 radical (unpaired) electrons. The first kappa shape index (κ1) is 13.2. The van der Waals surface area contributed by atoms with Gasteiger partial charge in [0.25, 0.3) is 0 Å². The number of rotatable bonds is 6. The predicted molar refractivity (Wildman–Crippen MR) is 62.2 cm³/mol. The van der Waals surface area contributed by atoms with Gasteiger partial charge in [-0.3, -0.25) is 4.68 Å². The number of hydrogen-bond donors (Lipinski definition) is 1. The molecule has 16 heavy (non-hydrogen) atoms. The van der Waals surface area contributed by atoms with Gasteiger partial charge in [0.2, 0.25) is 0 Å². The second kappa shape index (κ2) is 5.98. The minimum atomic E-state index is -0.209. The van der Waals surface area contributed by atoms with Gasteiger partial charge in [0, 0.05) is 45.1 Å². The van der Waals surface area contributed by atoms with E-state index in [1.54, 1.807) is 14.2 Å². The molecule has 92 valence electrons. The van der Waals surface area contributed by atoms with E-state index in [1.807, 2.05) is 17.9 Å². The van der Waals surface area contributed by atoms with Crippen molar-refractivity contribution < 1.29 is 9.47 Å². The van der Waals surface area contributed by atoms with Gasteiger partial charge in [0.1, 0.15) is 0 Å². The van der Waals surface area contributed by atoms with Crippen molar-refractivity contribution >= 4 is 0 Å². The van der Waals surface area contributed by atoms with Crippen LogP contribution >= 0.6 is 0 Å². The van der Waals surface area contributed by atoms with Gasteiger partial charge >= 0.3 is 0 Å². The van der Waals surface area contributed by atoms with Gasteiger partial charge in [-0.05, 0) is 13.8 Å². The van der Waals surface area contributed by atoms with E-state index in [9.17, 15) is 0 Å². The molecule has 1 aromatic rings. The summed E-state index contributed by atoms with van der Waals surface area (Å²) in [6.07, 6.45) is 1.68. The van der Waals surface area contributed by atoms with Gasteiger partial charge in [-0.15, -0.1) is 0 Å². The Kier molecular flexibility index (Phi) is 4.92. The van der Waals surface area contributed by atoms with Crippen molar-refractivity contribution in [1.82, 2.24) is 15.1 Å². The molecular weight excluding hydrogens is 206 g/mol. The third kappa shape index (κ3) is 3.04. The number of aryl methyl sites for hydroxylation is 1. The van der Waals surface area contributed by atoms with Crippen molar-refractivity contribution in [1.29, 1.82) is 0 Å². The molecule has 0 aliphatic heterocycles. The summed E-state index contributed by atoms with van der Waals surface area (Å²) in [5.41, 5.74) is 2.37. The van der Waals surface area contributed by atoms with Gasteiger partial charge in [-0.1, -0.05) is 0 Å². The van der Waals surface area contributed by atoms with Crippen LogP contribution in [0.1, 0.15) is 24.2 Å². The molecule has 0 fully saturated rings. The second-order valence-corrected chi connectivity index (χ2v) is 3.84. The Morgan fingerprint density at radius 3 is 2.50 bits per heavy atom. The zero-order valence-corrected chi connectivity index (χ0v) is 10.7. The maximum atomic E-state index is 5.12. The van der Waals surface area contributed by atoms with Crippen LogP contribution in [0.5, 0.6) is 0 Å². The Hall–Kier alpha value is -0.910. The minimum absolute atomic E-state index is 0.209. The Labute approximate surface area is 96.7 Å². The van der Waals surface area contributed by atoms with Gasteiger partial charge in [0.05, 0.1) is 6.20 Å². The van der Waals surface area contributed by atoms with Crippen molar-refractivity contribution in [2.45, 2.75) is 26.2 Å². The minimum Gasteiger partial charge on any atom is -0.355 e. The monoisotopic (exact) mass is 227 g/mol. The van der Waals surface area contributed by atoms with Crippen LogP contribution in [0.15, 0.2) is 6.20 Å². The van der Waals surface area contributed by atoms with E-state index in [2.05, 4.69) is 24.3 Å². The standard InChI is InChI=1S/C11H21N3O2/c1-8(12-7-11(15-4)16-5)10-6-13-14(3)9(10)2/h6,8,11-12H,7H2,1-5H3. The van der Waals surface area contributed by atoms with E-state index in [0.29, 0.717) is 6.54 Å². The fraction of sp³-hybridized carbons (Fsp3) is 0.727. The third-order valence-corrected chi connectivity index (χ3v) is 2.86. The van der Waals surface area contributed by atoms with Crippen LogP contribution in [0.2, 0.25) is 0 Å². The first-order chi connectivity index (χ1) is 7.60. The maximum Gasteiger partial charge on any atom is 0.169 e. The van der Waals surface area contributed by atoms with Crippen molar-refractivity contribution in [3.8, 4) is 0 Å². The molecule has 0 aliphatic carbocycles. The quantitative estimate of drug-likeness (QED) is 0.736. The van der Waals surface area contributed by atoms with E-state index in [-0.39, 0.29) is 12.3 Å². The van der Waals surface area contributed by atoms with E-state index < -0.39 is 0 Å². The highest BCUT2D eigenvalue weighted by Gasteiger charge is 2.13. The van der Waals surface area contributed by atoms with E-state index in [4.69, 9.17) is 9.47 Å². The lowest BCUT2D eigenvalue weighted by molar-refractivity contribution is -0.0997. The molecule has 1 aromatic heterocycles. The molecule has 0 saturated heterocycles. The molecule has 1 N–H and O–H groups in total. The molecule has 0 aromatic carbocycles. The van der Waals surface area contributed by atoms with Crippen molar-refractivity contribution in [3.05, 3.63) is 17.5 Å². The number of nitrogens with one attached hydrogen (secondary N) is 1. The Morgan fingerprint density at radius 1 is 1.44 bits per heavy atom. The van der Waals surface area contributed by atoms with Crippen LogP contribution < -0.4 is 5.32 Å². The smallest absolute Gasteiger partial charge is 0.169 e. The molecule has 1 rings (SSSR count). The number of methoxy groups -OCH3 is 2. The van der Waals surface area contributed by atoms with Crippen molar-refractivity contribution in [2.75, 3.05) is 20.8 Å². The summed E-state index contributed by atoms with van der Waals surface area (Å²) in [5, 5.41) is 7.57. The van der Waals surface area contributed by atoms with Crippen LogP contribution in [0.4, 0.5) is 0 Å². The molecule has 0 amide bonds.